The smallest absolute Gasteiger partial charge is 0.406 e. The largest absolute Gasteiger partial charge is 0.441 e. The number of esters is 1. The van der Waals surface area contributed by atoms with Crippen LogP contribution in [0.1, 0.15) is 16.1 Å². The second-order valence-corrected chi connectivity index (χ2v) is 12.6. The highest BCUT2D eigenvalue weighted by Gasteiger charge is 2.52. The van der Waals surface area contributed by atoms with Crippen molar-refractivity contribution in [1.82, 2.24) is 4.98 Å². The number of aromatic nitrogens is 2. The van der Waals surface area contributed by atoms with E-state index in [2.05, 4.69) is 4.98 Å². The highest BCUT2D eigenvalue weighted by Crippen LogP contribution is 2.30. The van der Waals surface area contributed by atoms with Crippen molar-refractivity contribution in [3.8, 4) is 0 Å². The summed E-state index contributed by atoms with van der Waals surface area (Å²) in [5, 5.41) is 0. The van der Waals surface area contributed by atoms with Crippen molar-refractivity contribution in [1.29, 1.82) is 0 Å². The maximum Gasteiger partial charge on any atom is 0.406 e. The first-order valence-electron chi connectivity index (χ1n) is 16.3. The first kappa shape index (κ1) is 47.7. The van der Waals surface area contributed by atoms with Gasteiger partial charge in [0.15, 0.2) is 88.6 Å². The average Bonchev–Trinajstić information content (AvgIpc) is 3.27. The fraction of sp³-hybridized carbons (Fsp3) is 0.0541. The molecule has 0 bridgehead atoms. The van der Waals surface area contributed by atoms with Crippen molar-refractivity contribution in [2.24, 2.45) is 0 Å². The lowest BCUT2D eigenvalue weighted by atomic mass is 9.12. The molecule has 0 unspecified atom stereocenters. The van der Waals surface area contributed by atoms with Crippen molar-refractivity contribution in [2.45, 2.75) is 6.54 Å². The summed E-state index contributed by atoms with van der Waals surface area (Å²) >= 11 is 5.39. The van der Waals surface area contributed by atoms with E-state index < -0.39 is 150 Å². The molecule has 0 spiro atoms. The molecule has 0 radical (unpaired) electrons. The summed E-state index contributed by atoms with van der Waals surface area (Å²) in [5.41, 5.74) is -12.9. The van der Waals surface area contributed by atoms with Gasteiger partial charge in [-0.3, -0.25) is 4.98 Å². The van der Waals surface area contributed by atoms with Gasteiger partial charge in [-0.25, -0.2) is 92.6 Å². The normalized spacial score (nSPS) is 11.4. The molecule has 6 rings (SSSR count). The average molecular weight is 943 g/mol. The molecule has 63 heavy (non-hydrogen) atoms. The van der Waals surface area contributed by atoms with Gasteiger partial charge in [0.2, 0.25) is 0 Å². The highest BCUT2D eigenvalue weighted by molar-refractivity contribution is 7.20. The van der Waals surface area contributed by atoms with Crippen LogP contribution in [0.5, 0.6) is 0 Å². The van der Waals surface area contributed by atoms with Crippen molar-refractivity contribution in [3.05, 3.63) is 177 Å². The molecular weight excluding hydrogens is 931 g/mol. The first-order valence-corrected chi connectivity index (χ1v) is 16.9. The number of benzene rings is 5. The Hall–Kier alpha value is -6.40. The van der Waals surface area contributed by atoms with E-state index in [0.717, 1.165) is 5.56 Å². The number of hydrogen-bond acceptors (Lipinski definition) is 3. The summed E-state index contributed by atoms with van der Waals surface area (Å²) < 4.78 is 300. The zero-order valence-corrected chi connectivity index (χ0v) is 30.5. The number of halogens is 21. The van der Waals surface area contributed by atoms with E-state index in [1.165, 1.54) is 6.20 Å². The van der Waals surface area contributed by atoms with Crippen LogP contribution in [0, 0.1) is 116 Å². The van der Waals surface area contributed by atoms with Gasteiger partial charge >= 0.3 is 11.7 Å². The first-order chi connectivity index (χ1) is 29.5. The molecule has 0 atom stereocenters. The van der Waals surface area contributed by atoms with Crippen molar-refractivity contribution in [2.75, 3.05) is 6.07 Å². The van der Waals surface area contributed by atoms with Gasteiger partial charge in [0.05, 0.1) is 6.20 Å². The van der Waals surface area contributed by atoms with Crippen LogP contribution in [0.2, 0.25) is 0 Å². The van der Waals surface area contributed by atoms with E-state index in [1.54, 1.807) is 17.0 Å². The molecule has 0 aliphatic rings. The number of carbonyl (C=O) groups excluding carboxylic acids is 1. The number of ether oxygens (including phenoxy) is 1. The lowest BCUT2D eigenvalue weighted by Gasteiger charge is -2.44. The zero-order chi connectivity index (χ0) is 47.2. The van der Waals surface area contributed by atoms with Crippen molar-refractivity contribution >= 4 is 45.6 Å². The molecule has 0 amide bonds. The number of hydrogen-bond donors (Lipinski definition) is 0. The zero-order valence-electron chi connectivity index (χ0n) is 29.8. The molecule has 6 aromatic rings. The number of nitrogens with zero attached hydrogens (tertiary/aromatic N) is 2. The maximum atomic E-state index is 15.4. The van der Waals surface area contributed by atoms with Crippen LogP contribution in [0.3, 0.4) is 0 Å². The molecule has 4 nitrogen and oxygen atoms in total. The minimum atomic E-state index is -7.22. The molecule has 332 valence electrons. The van der Waals surface area contributed by atoms with Crippen molar-refractivity contribution in [3.63, 3.8) is 0 Å². The quantitative estimate of drug-likeness (QED) is 0.0301. The van der Waals surface area contributed by atoms with Gasteiger partial charge in [-0.15, -0.1) is 21.9 Å². The third-order valence-corrected chi connectivity index (χ3v) is 9.25. The Morgan fingerprint density at radius 2 is 0.762 bits per heavy atom. The third-order valence-electron chi connectivity index (χ3n) is 9.14. The molecule has 1 aromatic heterocycles. The van der Waals surface area contributed by atoms with Gasteiger partial charge in [0, 0.05) is 5.56 Å². The Morgan fingerprint density at radius 3 is 1.05 bits per heavy atom. The van der Waals surface area contributed by atoms with Crippen LogP contribution in [0.4, 0.5) is 87.8 Å². The highest BCUT2D eigenvalue weighted by atomic mass is 35.5. The van der Waals surface area contributed by atoms with Crippen LogP contribution in [0.25, 0.3) is 0 Å². The Balaban J connectivity index is 0.000000345. The minimum Gasteiger partial charge on any atom is -0.441 e. The molecule has 5 aromatic carbocycles. The van der Waals surface area contributed by atoms with Gasteiger partial charge in [-0.05, 0) is 0 Å². The Bertz CT molecular complexity index is 2440. The second-order valence-electron chi connectivity index (χ2n) is 12.4. The van der Waals surface area contributed by atoms with Crippen LogP contribution in [-0.4, -0.2) is 23.2 Å². The summed E-state index contributed by atoms with van der Waals surface area (Å²) in [5.74, 6) is -71.9. The van der Waals surface area contributed by atoms with Gasteiger partial charge in [-0.2, -0.15) is 4.57 Å². The third kappa shape index (κ3) is 7.75. The van der Waals surface area contributed by atoms with Gasteiger partial charge in [-0.1, -0.05) is 41.9 Å². The SMILES string of the molecule is Fc1c(F)c(F)c([B-](c2c(F)c(F)c(F)c(F)c2F)(c2c(F)c(F)c(F)c(F)c2F)c2c(F)c(F)c(F)c(F)c2F)c(F)c1F.O=C(OCCl)c1cncc[n+]1Cc1ccccc1. The lowest BCUT2D eigenvalue weighted by Crippen LogP contribution is -2.81. The van der Waals surface area contributed by atoms with E-state index in [9.17, 15) is 57.5 Å². The summed E-state index contributed by atoms with van der Waals surface area (Å²) in [6, 6.07) is 9.66. The number of rotatable bonds is 8. The molecular formula is C37H12BClF20N2O2. The van der Waals surface area contributed by atoms with E-state index >= 15 is 35.1 Å². The molecule has 0 aliphatic heterocycles. The topological polar surface area (TPSA) is 43.1 Å². The minimum absolute atomic E-state index is 0.168. The van der Waals surface area contributed by atoms with Crippen LogP contribution < -0.4 is 26.4 Å². The van der Waals surface area contributed by atoms with E-state index in [1.807, 2.05) is 30.3 Å². The Morgan fingerprint density at radius 1 is 0.476 bits per heavy atom. The molecule has 26 heteroatoms. The molecule has 0 fully saturated rings. The van der Waals surface area contributed by atoms with E-state index in [-0.39, 0.29) is 6.07 Å². The molecule has 0 aliphatic carbocycles. The number of alkyl halides is 1. The number of carbonyl (C=O) groups is 1. The fourth-order valence-corrected chi connectivity index (χ4v) is 6.57. The predicted molar refractivity (Wildman–Crippen MR) is 175 cm³/mol. The van der Waals surface area contributed by atoms with Crippen LogP contribution in [-0.2, 0) is 11.3 Å². The lowest BCUT2D eigenvalue weighted by molar-refractivity contribution is -0.691. The van der Waals surface area contributed by atoms with Crippen LogP contribution >= 0.6 is 11.6 Å². The summed E-state index contributed by atoms with van der Waals surface area (Å²) in [6.45, 7) is 0.579. The Kier molecular flexibility index (Phi) is 13.7. The molecule has 0 saturated carbocycles. The summed E-state index contributed by atoms with van der Waals surface area (Å²) in [4.78, 5) is 15.6. The van der Waals surface area contributed by atoms with E-state index in [0.29, 0.717) is 12.2 Å². The van der Waals surface area contributed by atoms with E-state index in [4.69, 9.17) is 16.3 Å². The molecule has 1 heterocycles. The predicted octanol–water partition coefficient (Wildman–Crippen LogP) is 7.62. The Labute approximate surface area is 341 Å². The molecule has 0 saturated heterocycles. The summed E-state index contributed by atoms with van der Waals surface area (Å²) in [7, 11) is 0. The molecule has 0 N–H and O–H groups in total. The summed E-state index contributed by atoms with van der Waals surface area (Å²) in [6.07, 6.45) is -2.39. The standard InChI is InChI=1S/C24BF20.C13H12ClN2O2/c26-5-1(6(27)14(35)21(42)13(5)34)25(2-7(28)15(36)22(43)16(37)8(2)29,3-9(30)17(38)23(44)18(39)10(3)31)4-11(32)19(40)24(45)20(41)12(4)33;14-10-18-13(17)12-8-15-6-7-16(12)9-11-4-2-1-3-5-11/h;1-8H,9-10H2/q-1;+1. The van der Waals surface area contributed by atoms with Gasteiger partial charge < -0.3 is 4.74 Å². The van der Waals surface area contributed by atoms with Gasteiger partial charge in [0.25, 0.3) is 0 Å². The second kappa shape index (κ2) is 18.1. The van der Waals surface area contributed by atoms with Crippen LogP contribution in [0.15, 0.2) is 48.9 Å². The monoisotopic (exact) mass is 942 g/mol. The van der Waals surface area contributed by atoms with Crippen molar-refractivity contribution < 1.29 is 102 Å². The fourth-order valence-electron chi connectivity index (χ4n) is 6.47. The van der Waals surface area contributed by atoms with Gasteiger partial charge in [0.1, 0.15) is 58.9 Å². The maximum absolute atomic E-state index is 15.4.